The summed E-state index contributed by atoms with van der Waals surface area (Å²) in [5, 5.41) is 9.08. The molecule has 3 nitrogen and oxygen atoms in total. The van der Waals surface area contributed by atoms with Gasteiger partial charge in [-0.25, -0.2) is 8.78 Å². The summed E-state index contributed by atoms with van der Waals surface area (Å²) >= 11 is 0. The predicted molar refractivity (Wildman–Crippen MR) is 101 cm³/mol. The highest BCUT2D eigenvalue weighted by Gasteiger charge is 2.26. The number of piperazine rings is 1. The molecule has 26 heavy (non-hydrogen) atoms. The van der Waals surface area contributed by atoms with Gasteiger partial charge in [-0.15, -0.1) is 0 Å². The molecule has 142 valence electrons. The number of nitrogens with zero attached hydrogens (tertiary/aromatic N) is 2. The first kappa shape index (κ1) is 20.5. The van der Waals surface area contributed by atoms with E-state index >= 15 is 0 Å². The van der Waals surface area contributed by atoms with Gasteiger partial charge in [0.1, 0.15) is 11.6 Å². The third kappa shape index (κ3) is 5.34. The van der Waals surface area contributed by atoms with Crippen molar-refractivity contribution in [3.63, 3.8) is 0 Å². The summed E-state index contributed by atoms with van der Waals surface area (Å²) < 4.78 is 26.6. The summed E-state index contributed by atoms with van der Waals surface area (Å²) in [7, 11) is 0. The van der Waals surface area contributed by atoms with Gasteiger partial charge < -0.3 is 5.11 Å². The van der Waals surface area contributed by atoms with E-state index in [1.807, 2.05) is 13.8 Å². The van der Waals surface area contributed by atoms with Crippen molar-refractivity contribution in [2.75, 3.05) is 39.3 Å². The number of benzene rings is 2. The lowest BCUT2D eigenvalue weighted by Crippen LogP contribution is -2.48. The maximum Gasteiger partial charge on any atom is 0.123 e. The molecular weight excluding hydrogens is 334 g/mol. The largest absolute Gasteiger partial charge is 0.395 e. The van der Waals surface area contributed by atoms with E-state index in [-0.39, 0.29) is 24.3 Å². The van der Waals surface area contributed by atoms with Crippen molar-refractivity contribution >= 4 is 0 Å². The average molecular weight is 362 g/mol. The number of hydrogen-bond donors (Lipinski definition) is 1. The highest BCUT2D eigenvalue weighted by molar-refractivity contribution is 5.32. The SMILES string of the molecule is CC.OCCN1CCN(C(c2ccc(F)cc2)c2ccc(F)cc2)CC1. The van der Waals surface area contributed by atoms with Gasteiger partial charge in [0.15, 0.2) is 0 Å². The average Bonchev–Trinajstić information content (AvgIpc) is 2.68. The van der Waals surface area contributed by atoms with E-state index in [4.69, 9.17) is 5.11 Å². The standard InChI is InChI=1S/C19H22F2N2O.C2H6/c20-17-5-1-15(2-6-17)19(16-3-7-18(21)8-4-16)23-11-9-22(10-12-23)13-14-24;1-2/h1-8,19,24H,9-14H2;1-2H3. The zero-order valence-corrected chi connectivity index (χ0v) is 15.5. The van der Waals surface area contributed by atoms with Gasteiger partial charge in [-0.2, -0.15) is 0 Å². The molecule has 5 heteroatoms. The Balaban J connectivity index is 0.00000117. The summed E-state index contributed by atoms with van der Waals surface area (Å²) in [6, 6.07) is 13.0. The first-order valence-electron chi connectivity index (χ1n) is 9.25. The van der Waals surface area contributed by atoms with E-state index in [1.54, 1.807) is 24.3 Å². The van der Waals surface area contributed by atoms with E-state index < -0.39 is 0 Å². The second-order valence-corrected chi connectivity index (χ2v) is 6.11. The topological polar surface area (TPSA) is 26.7 Å². The quantitative estimate of drug-likeness (QED) is 0.879. The first-order chi connectivity index (χ1) is 12.7. The molecule has 0 aliphatic carbocycles. The molecule has 0 unspecified atom stereocenters. The molecule has 0 spiro atoms. The number of β-amino-alcohol motifs (C(OH)–C–C–N with tert-alkyl or cyclic N) is 1. The molecule has 0 bridgehead atoms. The van der Waals surface area contributed by atoms with Gasteiger partial charge >= 0.3 is 0 Å². The molecule has 1 saturated heterocycles. The summed E-state index contributed by atoms with van der Waals surface area (Å²) in [6.45, 7) is 8.29. The Morgan fingerprint density at radius 2 is 1.23 bits per heavy atom. The van der Waals surface area contributed by atoms with Gasteiger partial charge in [-0.3, -0.25) is 9.80 Å². The number of halogens is 2. The van der Waals surface area contributed by atoms with Crippen LogP contribution in [0.4, 0.5) is 8.78 Å². The Morgan fingerprint density at radius 1 is 0.808 bits per heavy atom. The Bertz CT molecular complexity index is 593. The number of hydrogen-bond acceptors (Lipinski definition) is 3. The van der Waals surface area contributed by atoms with Crippen LogP contribution in [0.2, 0.25) is 0 Å². The second kappa shape index (κ2) is 10.4. The van der Waals surface area contributed by atoms with Crippen molar-refractivity contribution in [1.82, 2.24) is 9.80 Å². The van der Waals surface area contributed by atoms with Crippen molar-refractivity contribution in [2.24, 2.45) is 0 Å². The van der Waals surface area contributed by atoms with Crippen LogP contribution >= 0.6 is 0 Å². The predicted octanol–water partition coefficient (Wildman–Crippen LogP) is 3.69. The lowest BCUT2D eigenvalue weighted by Gasteiger charge is -2.39. The van der Waals surface area contributed by atoms with E-state index in [0.29, 0.717) is 6.54 Å². The van der Waals surface area contributed by atoms with Crippen molar-refractivity contribution in [3.05, 3.63) is 71.3 Å². The zero-order chi connectivity index (χ0) is 18.9. The highest BCUT2D eigenvalue weighted by Crippen LogP contribution is 2.30. The molecule has 1 aliphatic rings. The van der Waals surface area contributed by atoms with Crippen LogP contribution < -0.4 is 0 Å². The molecule has 1 aliphatic heterocycles. The van der Waals surface area contributed by atoms with Crippen LogP contribution in [0.3, 0.4) is 0 Å². The van der Waals surface area contributed by atoms with E-state index in [1.165, 1.54) is 24.3 Å². The molecule has 1 heterocycles. The molecule has 0 amide bonds. The van der Waals surface area contributed by atoms with E-state index in [2.05, 4.69) is 9.80 Å². The molecule has 0 aromatic heterocycles. The van der Waals surface area contributed by atoms with Crippen LogP contribution in [-0.2, 0) is 0 Å². The maximum absolute atomic E-state index is 13.3. The fraction of sp³-hybridized carbons (Fsp3) is 0.429. The summed E-state index contributed by atoms with van der Waals surface area (Å²) in [4.78, 5) is 4.55. The molecule has 3 rings (SSSR count). The smallest absolute Gasteiger partial charge is 0.123 e. The molecule has 2 aromatic rings. The Kier molecular flexibility index (Phi) is 8.16. The van der Waals surface area contributed by atoms with Gasteiger partial charge in [0.05, 0.1) is 12.6 Å². The normalized spacial score (nSPS) is 15.6. The van der Waals surface area contributed by atoms with Crippen LogP contribution in [0.15, 0.2) is 48.5 Å². The summed E-state index contributed by atoms with van der Waals surface area (Å²) in [5.41, 5.74) is 2.00. The summed E-state index contributed by atoms with van der Waals surface area (Å²) in [5.74, 6) is -0.520. The van der Waals surface area contributed by atoms with Crippen LogP contribution in [0.1, 0.15) is 31.0 Å². The van der Waals surface area contributed by atoms with Crippen LogP contribution in [-0.4, -0.2) is 54.2 Å². The fourth-order valence-electron chi connectivity index (χ4n) is 3.29. The van der Waals surface area contributed by atoms with Crippen molar-refractivity contribution in [2.45, 2.75) is 19.9 Å². The van der Waals surface area contributed by atoms with E-state index in [0.717, 1.165) is 37.3 Å². The lowest BCUT2D eigenvalue weighted by atomic mass is 9.96. The Hall–Kier alpha value is -1.82. The number of rotatable bonds is 5. The minimum atomic E-state index is -0.260. The van der Waals surface area contributed by atoms with Gasteiger partial charge in [-0.05, 0) is 35.4 Å². The van der Waals surface area contributed by atoms with Gasteiger partial charge in [0.25, 0.3) is 0 Å². The molecule has 0 atom stereocenters. The van der Waals surface area contributed by atoms with Crippen molar-refractivity contribution in [1.29, 1.82) is 0 Å². The molecule has 1 fully saturated rings. The minimum absolute atomic E-state index is 0.0255. The van der Waals surface area contributed by atoms with Gasteiger partial charge in [0.2, 0.25) is 0 Å². The van der Waals surface area contributed by atoms with Crippen molar-refractivity contribution < 1.29 is 13.9 Å². The maximum atomic E-state index is 13.3. The third-order valence-corrected chi connectivity index (χ3v) is 4.56. The number of aliphatic hydroxyl groups excluding tert-OH is 1. The lowest BCUT2D eigenvalue weighted by molar-refractivity contribution is 0.0944. The zero-order valence-electron chi connectivity index (χ0n) is 15.5. The first-order valence-corrected chi connectivity index (χ1v) is 9.25. The van der Waals surface area contributed by atoms with Gasteiger partial charge in [0, 0.05) is 32.7 Å². The minimum Gasteiger partial charge on any atom is -0.395 e. The third-order valence-electron chi connectivity index (χ3n) is 4.56. The fourth-order valence-corrected chi connectivity index (χ4v) is 3.29. The Morgan fingerprint density at radius 3 is 1.62 bits per heavy atom. The molecule has 0 radical (unpaired) electrons. The van der Waals surface area contributed by atoms with Crippen LogP contribution in [0, 0.1) is 11.6 Å². The molecule has 2 aromatic carbocycles. The van der Waals surface area contributed by atoms with Crippen LogP contribution in [0.25, 0.3) is 0 Å². The monoisotopic (exact) mass is 362 g/mol. The van der Waals surface area contributed by atoms with Crippen molar-refractivity contribution in [3.8, 4) is 0 Å². The molecular formula is C21H28F2N2O. The Labute approximate surface area is 154 Å². The summed E-state index contributed by atoms with van der Waals surface area (Å²) in [6.07, 6.45) is 0. The van der Waals surface area contributed by atoms with E-state index in [9.17, 15) is 8.78 Å². The number of aliphatic hydroxyl groups is 1. The van der Waals surface area contributed by atoms with Crippen LogP contribution in [0.5, 0.6) is 0 Å². The molecule has 1 N–H and O–H groups in total. The highest BCUT2D eigenvalue weighted by atomic mass is 19.1. The molecule has 0 saturated carbocycles. The second-order valence-electron chi connectivity index (χ2n) is 6.11. The van der Waals surface area contributed by atoms with Gasteiger partial charge in [-0.1, -0.05) is 38.1 Å².